The van der Waals surface area contributed by atoms with Crippen LogP contribution in [0.4, 0.5) is 0 Å². The summed E-state index contributed by atoms with van der Waals surface area (Å²) in [6, 6.07) is 73.1. The summed E-state index contributed by atoms with van der Waals surface area (Å²) in [5, 5.41) is 10.8. The van der Waals surface area contributed by atoms with Crippen LogP contribution < -0.4 is 0 Å². The van der Waals surface area contributed by atoms with E-state index in [1.54, 1.807) is 0 Å². The Hall–Kier alpha value is -7.28. The van der Waals surface area contributed by atoms with Crippen LogP contribution >= 0.6 is 0 Å². The number of fused-ring (bicyclic) bond motifs is 24. The van der Waals surface area contributed by atoms with Crippen LogP contribution in [0.3, 0.4) is 0 Å². The normalized spacial score (nSPS) is 16.8. The summed E-state index contributed by atoms with van der Waals surface area (Å²) >= 11 is 0. The molecule has 0 fully saturated rings. The van der Waals surface area contributed by atoms with Crippen LogP contribution in [0.25, 0.3) is 87.6 Å². The first-order valence-electron chi connectivity index (χ1n) is 22.3. The van der Waals surface area contributed by atoms with Gasteiger partial charge in [0, 0.05) is 0 Å². The van der Waals surface area contributed by atoms with E-state index in [-0.39, 0.29) is 5.41 Å². The molecular weight excluding hydrogens is 745 g/mol. The van der Waals surface area contributed by atoms with E-state index in [1.807, 2.05) is 0 Å². The van der Waals surface area contributed by atoms with Crippen molar-refractivity contribution in [2.24, 2.45) is 0 Å². The molecule has 0 aromatic heterocycles. The first-order chi connectivity index (χ1) is 30.4. The summed E-state index contributed by atoms with van der Waals surface area (Å²) in [6.45, 7) is 7.04. The molecule has 15 rings (SSSR count). The third-order valence-corrected chi connectivity index (χ3v) is 15.8. The van der Waals surface area contributed by atoms with Gasteiger partial charge < -0.3 is 0 Å². The van der Waals surface area contributed by atoms with Crippen molar-refractivity contribution in [3.63, 3.8) is 0 Å². The third-order valence-electron chi connectivity index (χ3n) is 15.8. The number of hydrogen-bond acceptors (Lipinski definition) is 0. The van der Waals surface area contributed by atoms with E-state index >= 15 is 0 Å². The van der Waals surface area contributed by atoms with Gasteiger partial charge in [-0.1, -0.05) is 197 Å². The van der Waals surface area contributed by atoms with Gasteiger partial charge in [0.15, 0.2) is 0 Å². The van der Waals surface area contributed by atoms with Gasteiger partial charge in [-0.25, -0.2) is 0 Å². The van der Waals surface area contributed by atoms with Crippen LogP contribution in [0.1, 0.15) is 70.8 Å². The minimum absolute atomic E-state index is 0.00962. The number of hydrogen-bond donors (Lipinski definition) is 0. The van der Waals surface area contributed by atoms with Crippen molar-refractivity contribution in [1.29, 1.82) is 0 Å². The zero-order valence-corrected chi connectivity index (χ0v) is 34.9. The van der Waals surface area contributed by atoms with Crippen molar-refractivity contribution in [2.45, 2.75) is 37.0 Å². The number of benzene rings is 11. The highest BCUT2D eigenvalue weighted by Gasteiger charge is 2.54. The number of rotatable bonds is 0. The summed E-state index contributed by atoms with van der Waals surface area (Å²) in [4.78, 5) is 0. The Kier molecular flexibility index (Phi) is 5.91. The molecule has 0 bridgehead atoms. The molecule has 0 saturated heterocycles. The van der Waals surface area contributed by atoms with E-state index in [9.17, 15) is 0 Å². The molecule has 0 heterocycles. The quantitative estimate of drug-likeness (QED) is 0.106. The average Bonchev–Trinajstić information content (AvgIpc) is 3.99. The molecule has 0 saturated carbocycles. The van der Waals surface area contributed by atoms with Crippen molar-refractivity contribution < 1.29 is 0 Å². The molecule has 62 heavy (non-hydrogen) atoms. The molecular formula is C62H40. The van der Waals surface area contributed by atoms with Gasteiger partial charge in [0.2, 0.25) is 0 Å². The van der Waals surface area contributed by atoms with Gasteiger partial charge in [-0.2, -0.15) is 0 Å². The van der Waals surface area contributed by atoms with Crippen molar-refractivity contribution in [2.75, 3.05) is 0 Å². The minimum Gasteiger partial charge on any atom is -0.0619 e. The average molecular weight is 785 g/mol. The Morgan fingerprint density at radius 2 is 0.629 bits per heavy atom. The van der Waals surface area contributed by atoms with Gasteiger partial charge in [0.05, 0.1) is 10.8 Å². The molecule has 2 spiro atoms. The molecule has 1 unspecified atom stereocenters. The van der Waals surface area contributed by atoms with Gasteiger partial charge >= 0.3 is 0 Å². The molecule has 0 amide bonds. The van der Waals surface area contributed by atoms with Crippen molar-refractivity contribution in [3.05, 3.63) is 238 Å². The standard InChI is InChI=1S/C62H40/c1-60(2,3)35-30-31-39-38-18-6-11-27-50(38)62(53(39)32-35)52-29-13-8-20-43(52)59-45-24-15-21-40-46-33-54-58(44-23-14-22-41(56(44)46)47(57(40)45)34-55(59)62)42-19-7-12-28-51(42)61(54)48-25-9-4-16-36(48)37-17-5-10-26-49(37)61/h4-34H,1-3H3. The second-order valence-corrected chi connectivity index (χ2v) is 19.4. The first kappa shape index (κ1) is 33.4. The smallest absolute Gasteiger partial charge is 0.0619 e. The highest BCUT2D eigenvalue weighted by molar-refractivity contribution is 6.36. The zero-order valence-electron chi connectivity index (χ0n) is 34.9. The fourth-order valence-corrected chi connectivity index (χ4v) is 13.5. The van der Waals surface area contributed by atoms with Crippen molar-refractivity contribution in [1.82, 2.24) is 0 Å². The van der Waals surface area contributed by atoms with Gasteiger partial charge in [-0.05, 0) is 155 Å². The highest BCUT2D eigenvalue weighted by atomic mass is 14.5. The molecule has 0 heteroatoms. The topological polar surface area (TPSA) is 0 Å². The van der Waals surface area contributed by atoms with Crippen LogP contribution in [0.15, 0.2) is 188 Å². The predicted molar refractivity (Wildman–Crippen MR) is 259 cm³/mol. The lowest BCUT2D eigenvalue weighted by Gasteiger charge is -2.32. The fourth-order valence-electron chi connectivity index (χ4n) is 13.5. The molecule has 11 aromatic carbocycles. The summed E-state index contributed by atoms with van der Waals surface area (Å²) in [6.07, 6.45) is 0. The van der Waals surface area contributed by atoms with Gasteiger partial charge in [-0.15, -0.1) is 0 Å². The summed E-state index contributed by atoms with van der Waals surface area (Å²) in [5.41, 5.74) is 22.5. The van der Waals surface area contributed by atoms with Crippen LogP contribution in [-0.2, 0) is 16.2 Å². The molecule has 0 aliphatic heterocycles. The predicted octanol–water partition coefficient (Wildman–Crippen LogP) is 15.7. The maximum absolute atomic E-state index is 2.64. The summed E-state index contributed by atoms with van der Waals surface area (Å²) in [5.74, 6) is 0. The second-order valence-electron chi connectivity index (χ2n) is 19.4. The van der Waals surface area contributed by atoms with Crippen LogP contribution in [-0.4, -0.2) is 0 Å². The Labute approximate surface area is 361 Å². The van der Waals surface area contributed by atoms with E-state index in [2.05, 4.69) is 209 Å². The maximum Gasteiger partial charge on any atom is 0.0726 e. The molecule has 11 aromatic rings. The van der Waals surface area contributed by atoms with E-state index in [0.717, 1.165) is 0 Å². The van der Waals surface area contributed by atoms with E-state index in [0.29, 0.717) is 0 Å². The lowest BCUT2D eigenvalue weighted by molar-refractivity contribution is 0.588. The Morgan fingerprint density at radius 3 is 1.06 bits per heavy atom. The summed E-state index contributed by atoms with van der Waals surface area (Å²) < 4.78 is 0. The molecule has 0 radical (unpaired) electrons. The van der Waals surface area contributed by atoms with E-state index in [1.165, 1.54) is 138 Å². The van der Waals surface area contributed by atoms with Crippen molar-refractivity contribution >= 4 is 43.1 Å². The van der Waals surface area contributed by atoms with Crippen LogP contribution in [0.5, 0.6) is 0 Å². The Bertz CT molecular complexity index is 3800. The molecule has 4 aliphatic carbocycles. The SMILES string of the molecule is CC(C)(C)c1ccc2c(c1)C1(c3ccccc3-2)c2ccccc2-c2c1cc1c3cccc4c5c(cc(c6cccc2c61)c43)C1(c2ccccc2-c2ccccc21)c1ccccc1-5. The van der Waals surface area contributed by atoms with E-state index in [4.69, 9.17) is 0 Å². The fraction of sp³-hybridized carbons (Fsp3) is 0.0968. The molecule has 1 atom stereocenters. The lowest BCUT2D eigenvalue weighted by Crippen LogP contribution is -2.26. The van der Waals surface area contributed by atoms with Crippen LogP contribution in [0.2, 0.25) is 0 Å². The Morgan fingerprint density at radius 1 is 0.274 bits per heavy atom. The molecule has 0 N–H and O–H groups in total. The minimum atomic E-state index is -0.444. The first-order valence-corrected chi connectivity index (χ1v) is 22.3. The van der Waals surface area contributed by atoms with Crippen molar-refractivity contribution in [3.8, 4) is 44.5 Å². The lowest BCUT2D eigenvalue weighted by atomic mass is 9.69. The van der Waals surface area contributed by atoms with E-state index < -0.39 is 10.8 Å². The monoisotopic (exact) mass is 784 g/mol. The van der Waals surface area contributed by atoms with Gasteiger partial charge in [-0.3, -0.25) is 0 Å². The highest BCUT2D eigenvalue weighted by Crippen LogP contribution is 2.67. The zero-order chi connectivity index (χ0) is 40.9. The third kappa shape index (κ3) is 3.57. The summed E-state index contributed by atoms with van der Waals surface area (Å²) in [7, 11) is 0. The largest absolute Gasteiger partial charge is 0.0726 e. The Balaban J connectivity index is 1.13. The molecule has 4 aliphatic rings. The molecule has 288 valence electrons. The molecule has 0 nitrogen and oxygen atoms in total. The van der Waals surface area contributed by atoms with Crippen LogP contribution in [0, 0.1) is 0 Å². The van der Waals surface area contributed by atoms with Gasteiger partial charge in [0.1, 0.15) is 0 Å². The second kappa shape index (κ2) is 11.0. The maximum atomic E-state index is 2.64. The van der Waals surface area contributed by atoms with Gasteiger partial charge in [0.25, 0.3) is 0 Å².